The van der Waals surface area contributed by atoms with Crippen LogP contribution in [-0.2, 0) is 6.42 Å². The molecule has 0 bridgehead atoms. The molecule has 0 saturated carbocycles. The van der Waals surface area contributed by atoms with E-state index in [1.54, 1.807) is 25.1 Å². The Balaban J connectivity index is 2.59. The third kappa shape index (κ3) is 2.59. The van der Waals surface area contributed by atoms with Gasteiger partial charge in [-0.2, -0.15) is 4.98 Å². The number of rotatable bonds is 4. The lowest BCUT2D eigenvalue weighted by atomic mass is 10.1. The fourth-order valence-corrected chi connectivity index (χ4v) is 1.89. The molecule has 2 rings (SSSR count). The van der Waals surface area contributed by atoms with Crippen molar-refractivity contribution >= 4 is 0 Å². The summed E-state index contributed by atoms with van der Waals surface area (Å²) < 4.78 is 10.3. The van der Waals surface area contributed by atoms with Gasteiger partial charge in [0.1, 0.15) is 17.3 Å². The third-order valence-corrected chi connectivity index (χ3v) is 2.97. The van der Waals surface area contributed by atoms with E-state index in [1.165, 1.54) is 14.2 Å². The average molecular weight is 276 g/mol. The fourth-order valence-electron chi connectivity index (χ4n) is 1.89. The SMILES string of the molecule is CCc1c(O)nc(-c2cc(OC)cc(OC)c2)[nH]c1=O. The van der Waals surface area contributed by atoms with E-state index in [-0.39, 0.29) is 22.8 Å². The summed E-state index contributed by atoms with van der Waals surface area (Å²) in [5.74, 6) is 1.15. The molecule has 0 aliphatic rings. The highest BCUT2D eigenvalue weighted by atomic mass is 16.5. The van der Waals surface area contributed by atoms with Gasteiger partial charge in [0.25, 0.3) is 5.56 Å². The molecule has 1 heterocycles. The highest BCUT2D eigenvalue weighted by molar-refractivity contribution is 5.61. The Hall–Kier alpha value is -2.50. The zero-order chi connectivity index (χ0) is 14.7. The number of hydrogen-bond acceptors (Lipinski definition) is 5. The number of H-pyrrole nitrogens is 1. The first kappa shape index (κ1) is 13.9. The highest BCUT2D eigenvalue weighted by Gasteiger charge is 2.12. The van der Waals surface area contributed by atoms with E-state index in [0.717, 1.165) is 0 Å². The molecule has 0 aliphatic carbocycles. The van der Waals surface area contributed by atoms with Gasteiger partial charge >= 0.3 is 0 Å². The maximum Gasteiger partial charge on any atom is 0.258 e. The van der Waals surface area contributed by atoms with Crippen LogP contribution in [0.15, 0.2) is 23.0 Å². The van der Waals surface area contributed by atoms with Crippen molar-refractivity contribution in [2.24, 2.45) is 0 Å². The van der Waals surface area contributed by atoms with Gasteiger partial charge in [0, 0.05) is 11.6 Å². The Morgan fingerprint density at radius 2 is 1.80 bits per heavy atom. The van der Waals surface area contributed by atoms with Gasteiger partial charge < -0.3 is 19.6 Å². The van der Waals surface area contributed by atoms with Crippen LogP contribution in [-0.4, -0.2) is 29.3 Å². The summed E-state index contributed by atoms with van der Waals surface area (Å²) in [6.45, 7) is 1.78. The predicted molar refractivity (Wildman–Crippen MR) is 74.4 cm³/mol. The van der Waals surface area contributed by atoms with Crippen molar-refractivity contribution in [3.63, 3.8) is 0 Å². The van der Waals surface area contributed by atoms with Crippen molar-refractivity contribution in [2.45, 2.75) is 13.3 Å². The van der Waals surface area contributed by atoms with Crippen LogP contribution >= 0.6 is 0 Å². The standard InChI is InChI=1S/C14H16N2O4/c1-4-11-13(17)15-12(16-14(11)18)8-5-9(19-2)7-10(6-8)20-3/h5-7H,4H2,1-3H3,(H2,15,16,17,18). The maximum atomic E-state index is 11.9. The molecule has 0 atom stereocenters. The van der Waals surface area contributed by atoms with Crippen LogP contribution in [0.4, 0.5) is 0 Å². The molecule has 106 valence electrons. The number of methoxy groups -OCH3 is 2. The Bertz CT molecular complexity index is 657. The molecule has 0 amide bonds. The number of ether oxygens (including phenoxy) is 2. The monoisotopic (exact) mass is 276 g/mol. The lowest BCUT2D eigenvalue weighted by Gasteiger charge is -2.09. The summed E-state index contributed by atoms with van der Waals surface area (Å²) in [5, 5.41) is 9.79. The van der Waals surface area contributed by atoms with E-state index < -0.39 is 0 Å². The van der Waals surface area contributed by atoms with Crippen molar-refractivity contribution in [3.05, 3.63) is 34.1 Å². The van der Waals surface area contributed by atoms with Gasteiger partial charge in [0.05, 0.1) is 19.8 Å². The molecule has 0 fully saturated rings. The lowest BCUT2D eigenvalue weighted by molar-refractivity contribution is 0.394. The molecule has 0 saturated heterocycles. The van der Waals surface area contributed by atoms with Crippen molar-refractivity contribution in [1.29, 1.82) is 0 Å². The summed E-state index contributed by atoms with van der Waals surface area (Å²) in [6, 6.07) is 5.11. The predicted octanol–water partition coefficient (Wildman–Crippen LogP) is 1.72. The Kier molecular flexibility index (Phi) is 3.93. The summed E-state index contributed by atoms with van der Waals surface area (Å²) in [7, 11) is 3.07. The molecule has 0 radical (unpaired) electrons. The van der Waals surface area contributed by atoms with Crippen LogP contribution < -0.4 is 15.0 Å². The summed E-state index contributed by atoms with van der Waals surface area (Å²) in [4.78, 5) is 18.5. The molecule has 0 aliphatic heterocycles. The molecule has 2 N–H and O–H groups in total. The largest absolute Gasteiger partial charge is 0.497 e. The number of nitrogens with zero attached hydrogens (tertiary/aromatic N) is 1. The van der Waals surface area contributed by atoms with Crippen molar-refractivity contribution in [3.8, 4) is 28.8 Å². The summed E-state index contributed by atoms with van der Waals surface area (Å²) >= 11 is 0. The minimum Gasteiger partial charge on any atom is -0.497 e. The molecule has 20 heavy (non-hydrogen) atoms. The molecule has 1 aromatic heterocycles. The van der Waals surface area contributed by atoms with Crippen molar-refractivity contribution in [2.75, 3.05) is 14.2 Å². The molecule has 6 nitrogen and oxygen atoms in total. The number of aromatic nitrogens is 2. The second-order valence-electron chi connectivity index (χ2n) is 4.17. The Labute approximate surface area is 116 Å². The third-order valence-electron chi connectivity index (χ3n) is 2.97. The molecule has 6 heteroatoms. The molecule has 0 spiro atoms. The van der Waals surface area contributed by atoms with E-state index in [9.17, 15) is 9.90 Å². The normalized spacial score (nSPS) is 10.3. The minimum absolute atomic E-state index is 0.256. The van der Waals surface area contributed by atoms with Crippen LogP contribution in [0.2, 0.25) is 0 Å². The van der Waals surface area contributed by atoms with Crippen LogP contribution in [0.1, 0.15) is 12.5 Å². The van der Waals surface area contributed by atoms with Gasteiger partial charge in [-0.15, -0.1) is 0 Å². The zero-order valence-corrected chi connectivity index (χ0v) is 11.6. The van der Waals surface area contributed by atoms with Crippen molar-refractivity contribution < 1.29 is 14.6 Å². The molecule has 0 unspecified atom stereocenters. The van der Waals surface area contributed by atoms with E-state index in [1.807, 2.05) is 0 Å². The first-order valence-electron chi connectivity index (χ1n) is 6.14. The van der Waals surface area contributed by atoms with E-state index in [4.69, 9.17) is 9.47 Å². The van der Waals surface area contributed by atoms with Crippen LogP contribution in [0.25, 0.3) is 11.4 Å². The number of aromatic amines is 1. The van der Waals surface area contributed by atoms with Gasteiger partial charge in [-0.1, -0.05) is 6.92 Å². The quantitative estimate of drug-likeness (QED) is 0.888. The second-order valence-corrected chi connectivity index (χ2v) is 4.17. The van der Waals surface area contributed by atoms with Gasteiger partial charge in [-0.3, -0.25) is 4.79 Å². The zero-order valence-electron chi connectivity index (χ0n) is 11.6. The van der Waals surface area contributed by atoms with Crippen LogP contribution in [0.3, 0.4) is 0 Å². The van der Waals surface area contributed by atoms with Crippen LogP contribution in [0.5, 0.6) is 17.4 Å². The number of hydrogen-bond donors (Lipinski definition) is 2. The highest BCUT2D eigenvalue weighted by Crippen LogP contribution is 2.28. The van der Waals surface area contributed by atoms with E-state index >= 15 is 0 Å². The Morgan fingerprint density at radius 3 is 2.25 bits per heavy atom. The minimum atomic E-state index is -0.350. The number of aromatic hydroxyl groups is 1. The number of nitrogens with one attached hydrogen (secondary N) is 1. The van der Waals surface area contributed by atoms with Gasteiger partial charge in [0.2, 0.25) is 5.88 Å². The summed E-state index contributed by atoms with van der Waals surface area (Å²) in [5.41, 5.74) is 0.511. The fraction of sp³-hybridized carbons (Fsp3) is 0.286. The van der Waals surface area contributed by atoms with Gasteiger partial charge in [-0.25, -0.2) is 0 Å². The summed E-state index contributed by atoms with van der Waals surface area (Å²) in [6.07, 6.45) is 0.413. The molecular formula is C14H16N2O4. The molecule has 2 aromatic rings. The molecular weight excluding hydrogens is 260 g/mol. The lowest BCUT2D eigenvalue weighted by Crippen LogP contribution is -2.14. The first-order chi connectivity index (χ1) is 9.58. The Morgan fingerprint density at radius 1 is 1.20 bits per heavy atom. The van der Waals surface area contributed by atoms with Crippen molar-refractivity contribution in [1.82, 2.24) is 9.97 Å². The molecule has 1 aromatic carbocycles. The second kappa shape index (κ2) is 5.64. The van der Waals surface area contributed by atoms with E-state index in [0.29, 0.717) is 23.5 Å². The topological polar surface area (TPSA) is 84.4 Å². The average Bonchev–Trinajstić information content (AvgIpc) is 2.46. The van der Waals surface area contributed by atoms with Gasteiger partial charge in [0.15, 0.2) is 0 Å². The van der Waals surface area contributed by atoms with Crippen LogP contribution in [0, 0.1) is 0 Å². The smallest absolute Gasteiger partial charge is 0.258 e. The van der Waals surface area contributed by atoms with Gasteiger partial charge in [-0.05, 0) is 18.6 Å². The van der Waals surface area contributed by atoms with E-state index in [2.05, 4.69) is 9.97 Å². The first-order valence-corrected chi connectivity index (χ1v) is 6.14. The maximum absolute atomic E-state index is 11.9. The number of benzene rings is 1.